The van der Waals surface area contributed by atoms with Gasteiger partial charge < -0.3 is 5.32 Å². The Morgan fingerprint density at radius 3 is 2.89 bits per heavy atom. The Morgan fingerprint density at radius 2 is 2.11 bits per heavy atom. The topological polar surface area (TPSA) is 35.8 Å². The van der Waals surface area contributed by atoms with Gasteiger partial charge in [-0.05, 0) is 47.9 Å². The van der Waals surface area contributed by atoms with Crippen molar-refractivity contribution in [3.05, 3.63) is 65.0 Å². The second-order valence-corrected chi connectivity index (χ2v) is 4.44. The maximum absolute atomic E-state index is 13.2. The van der Waals surface area contributed by atoms with E-state index in [1.54, 1.807) is 18.2 Å². The molecule has 1 heterocycles. The standard InChI is InChI=1S/C15H11FN2/c16-13-3-1-2-11(7-13)15-8-12-6-10(9-17)4-5-14(12)18-15/h1-7,15,18H,8H2. The van der Waals surface area contributed by atoms with E-state index < -0.39 is 0 Å². The van der Waals surface area contributed by atoms with Gasteiger partial charge in [0.2, 0.25) is 0 Å². The smallest absolute Gasteiger partial charge is 0.123 e. The Labute approximate surface area is 105 Å². The molecule has 0 saturated carbocycles. The molecule has 0 radical (unpaired) electrons. The SMILES string of the molecule is N#Cc1ccc2c(c1)CC(c1cccc(F)c1)N2. The van der Waals surface area contributed by atoms with Gasteiger partial charge in [0.05, 0.1) is 17.7 Å². The second-order valence-electron chi connectivity index (χ2n) is 4.44. The van der Waals surface area contributed by atoms with E-state index in [1.165, 1.54) is 6.07 Å². The Balaban J connectivity index is 1.91. The van der Waals surface area contributed by atoms with Crippen molar-refractivity contribution in [2.24, 2.45) is 0 Å². The fourth-order valence-corrected chi connectivity index (χ4v) is 2.36. The molecule has 88 valence electrons. The van der Waals surface area contributed by atoms with Gasteiger partial charge in [-0.2, -0.15) is 5.26 Å². The van der Waals surface area contributed by atoms with E-state index in [9.17, 15) is 4.39 Å². The van der Waals surface area contributed by atoms with Crippen molar-refractivity contribution in [3.63, 3.8) is 0 Å². The maximum atomic E-state index is 13.2. The summed E-state index contributed by atoms with van der Waals surface area (Å²) < 4.78 is 13.2. The zero-order chi connectivity index (χ0) is 12.5. The van der Waals surface area contributed by atoms with Crippen LogP contribution in [0.5, 0.6) is 0 Å². The summed E-state index contributed by atoms with van der Waals surface area (Å²) in [5, 5.41) is 12.2. The van der Waals surface area contributed by atoms with E-state index >= 15 is 0 Å². The van der Waals surface area contributed by atoms with Gasteiger partial charge >= 0.3 is 0 Å². The monoisotopic (exact) mass is 238 g/mol. The number of benzene rings is 2. The van der Waals surface area contributed by atoms with E-state index in [0.29, 0.717) is 5.56 Å². The number of fused-ring (bicyclic) bond motifs is 1. The predicted molar refractivity (Wildman–Crippen MR) is 67.6 cm³/mol. The van der Waals surface area contributed by atoms with Gasteiger partial charge in [0, 0.05) is 5.69 Å². The molecule has 2 nitrogen and oxygen atoms in total. The summed E-state index contributed by atoms with van der Waals surface area (Å²) >= 11 is 0. The molecule has 0 saturated heterocycles. The van der Waals surface area contributed by atoms with Gasteiger partial charge in [-0.3, -0.25) is 0 Å². The zero-order valence-corrected chi connectivity index (χ0v) is 9.65. The average molecular weight is 238 g/mol. The predicted octanol–water partition coefficient (Wildman–Crippen LogP) is 3.41. The minimum absolute atomic E-state index is 0.0876. The highest BCUT2D eigenvalue weighted by atomic mass is 19.1. The average Bonchev–Trinajstić information content (AvgIpc) is 2.81. The molecule has 1 N–H and O–H groups in total. The Morgan fingerprint density at radius 1 is 1.22 bits per heavy atom. The van der Waals surface area contributed by atoms with Crippen LogP contribution < -0.4 is 5.32 Å². The third-order valence-electron chi connectivity index (χ3n) is 3.24. The van der Waals surface area contributed by atoms with Crippen LogP contribution in [0.1, 0.15) is 22.7 Å². The van der Waals surface area contributed by atoms with Crippen LogP contribution >= 0.6 is 0 Å². The van der Waals surface area contributed by atoms with Crippen molar-refractivity contribution in [2.75, 3.05) is 5.32 Å². The lowest BCUT2D eigenvalue weighted by molar-refractivity contribution is 0.623. The number of hydrogen-bond donors (Lipinski definition) is 1. The number of rotatable bonds is 1. The van der Waals surface area contributed by atoms with E-state index in [-0.39, 0.29) is 11.9 Å². The molecule has 1 aliphatic rings. The summed E-state index contributed by atoms with van der Waals surface area (Å²) in [5.74, 6) is -0.219. The van der Waals surface area contributed by atoms with Crippen molar-refractivity contribution >= 4 is 5.69 Å². The largest absolute Gasteiger partial charge is 0.378 e. The summed E-state index contributed by atoms with van der Waals surface area (Å²) in [6.07, 6.45) is 0.786. The minimum atomic E-state index is -0.219. The van der Waals surface area contributed by atoms with Crippen molar-refractivity contribution in [1.29, 1.82) is 5.26 Å². The van der Waals surface area contributed by atoms with Gasteiger partial charge in [-0.25, -0.2) is 4.39 Å². The first kappa shape index (κ1) is 10.8. The lowest BCUT2D eigenvalue weighted by Crippen LogP contribution is -2.05. The third-order valence-corrected chi connectivity index (χ3v) is 3.24. The van der Waals surface area contributed by atoms with Crippen LogP contribution in [0.2, 0.25) is 0 Å². The zero-order valence-electron chi connectivity index (χ0n) is 9.65. The molecule has 18 heavy (non-hydrogen) atoms. The number of halogens is 1. The van der Waals surface area contributed by atoms with Gasteiger partial charge in [0.25, 0.3) is 0 Å². The highest BCUT2D eigenvalue weighted by molar-refractivity contribution is 5.60. The van der Waals surface area contributed by atoms with Crippen LogP contribution in [0.4, 0.5) is 10.1 Å². The summed E-state index contributed by atoms with van der Waals surface area (Å²) in [5.41, 5.74) is 3.74. The first-order valence-corrected chi connectivity index (χ1v) is 5.81. The fourth-order valence-electron chi connectivity index (χ4n) is 2.36. The lowest BCUT2D eigenvalue weighted by Gasteiger charge is -2.11. The molecule has 2 aromatic carbocycles. The van der Waals surface area contributed by atoms with Crippen molar-refractivity contribution in [3.8, 4) is 6.07 Å². The molecule has 1 atom stereocenters. The number of nitriles is 1. The van der Waals surface area contributed by atoms with Crippen LogP contribution in [0.15, 0.2) is 42.5 Å². The molecule has 0 fully saturated rings. The third kappa shape index (κ3) is 1.82. The molecule has 2 aromatic rings. The number of anilines is 1. The molecule has 1 aliphatic heterocycles. The van der Waals surface area contributed by atoms with Gasteiger partial charge in [0.15, 0.2) is 0 Å². The molecule has 0 spiro atoms. The van der Waals surface area contributed by atoms with E-state index in [4.69, 9.17) is 5.26 Å². The maximum Gasteiger partial charge on any atom is 0.123 e. The van der Waals surface area contributed by atoms with Crippen LogP contribution in [0.25, 0.3) is 0 Å². The number of hydrogen-bond acceptors (Lipinski definition) is 2. The number of nitrogens with zero attached hydrogens (tertiary/aromatic N) is 1. The van der Waals surface area contributed by atoms with Gasteiger partial charge in [-0.15, -0.1) is 0 Å². The van der Waals surface area contributed by atoms with E-state index in [2.05, 4.69) is 11.4 Å². The highest BCUT2D eigenvalue weighted by Crippen LogP contribution is 2.34. The molecule has 0 amide bonds. The van der Waals surface area contributed by atoms with Crippen molar-refractivity contribution in [2.45, 2.75) is 12.5 Å². The van der Waals surface area contributed by atoms with Gasteiger partial charge in [-0.1, -0.05) is 12.1 Å². The second kappa shape index (κ2) is 4.15. The molecule has 0 bridgehead atoms. The summed E-state index contributed by atoms with van der Waals surface area (Å²) in [6.45, 7) is 0. The van der Waals surface area contributed by atoms with Crippen LogP contribution in [0, 0.1) is 17.1 Å². The molecule has 0 aromatic heterocycles. The van der Waals surface area contributed by atoms with E-state index in [1.807, 2.05) is 18.2 Å². The van der Waals surface area contributed by atoms with Gasteiger partial charge in [0.1, 0.15) is 5.82 Å². The Hall–Kier alpha value is -2.34. The van der Waals surface area contributed by atoms with Crippen LogP contribution in [0.3, 0.4) is 0 Å². The quantitative estimate of drug-likeness (QED) is 0.826. The van der Waals surface area contributed by atoms with Crippen LogP contribution in [-0.4, -0.2) is 0 Å². The Kier molecular flexibility index (Phi) is 2.49. The lowest BCUT2D eigenvalue weighted by atomic mass is 10.0. The van der Waals surface area contributed by atoms with Crippen molar-refractivity contribution in [1.82, 2.24) is 0 Å². The Bertz CT molecular complexity index is 643. The van der Waals surface area contributed by atoms with E-state index in [0.717, 1.165) is 23.2 Å². The summed E-state index contributed by atoms with van der Waals surface area (Å²) in [6, 6.07) is 14.4. The molecule has 1 unspecified atom stereocenters. The molecular weight excluding hydrogens is 227 g/mol. The summed E-state index contributed by atoms with van der Waals surface area (Å²) in [7, 11) is 0. The molecule has 3 heteroatoms. The molecule has 0 aliphatic carbocycles. The fraction of sp³-hybridized carbons (Fsp3) is 0.133. The van der Waals surface area contributed by atoms with Crippen molar-refractivity contribution < 1.29 is 4.39 Å². The normalized spacial score (nSPS) is 16.8. The minimum Gasteiger partial charge on any atom is -0.378 e. The summed E-state index contributed by atoms with van der Waals surface area (Å²) in [4.78, 5) is 0. The first-order chi connectivity index (χ1) is 8.76. The molecular formula is C15H11FN2. The van der Waals surface area contributed by atoms with Crippen LogP contribution in [-0.2, 0) is 6.42 Å². The number of nitrogens with one attached hydrogen (secondary N) is 1. The molecule has 3 rings (SSSR count). The first-order valence-electron chi connectivity index (χ1n) is 5.81. The highest BCUT2D eigenvalue weighted by Gasteiger charge is 2.22.